The van der Waals surface area contributed by atoms with E-state index in [1.54, 1.807) is 19.1 Å². The monoisotopic (exact) mass is 231 g/mol. The van der Waals surface area contributed by atoms with Crippen LogP contribution in [0, 0.1) is 6.92 Å². The third-order valence-electron chi connectivity index (χ3n) is 1.78. The molecule has 0 atom stereocenters. The predicted octanol–water partition coefficient (Wildman–Crippen LogP) is 1.91. The summed E-state index contributed by atoms with van der Waals surface area (Å²) in [5, 5.41) is 0. The van der Waals surface area contributed by atoms with Crippen molar-refractivity contribution in [3.8, 4) is 0 Å². The molecule has 0 aromatic carbocycles. The van der Waals surface area contributed by atoms with Crippen molar-refractivity contribution in [2.75, 3.05) is 0 Å². The van der Waals surface area contributed by atoms with Gasteiger partial charge in [0.2, 0.25) is 14.3 Å². The van der Waals surface area contributed by atoms with Crippen molar-refractivity contribution in [2.24, 2.45) is 4.99 Å². The molecule has 0 unspecified atom stereocenters. The molecule has 6 heteroatoms. The van der Waals surface area contributed by atoms with Crippen LogP contribution in [0.25, 0.3) is 4.91 Å². The van der Waals surface area contributed by atoms with Gasteiger partial charge in [0.25, 0.3) is 0 Å². The first kappa shape index (κ1) is 9.48. The lowest BCUT2D eigenvalue weighted by molar-refractivity contribution is 0.522. The molecule has 1 aromatic rings. The number of hydrogen-bond acceptors (Lipinski definition) is 4. The minimum absolute atomic E-state index is 0.00981. The third kappa shape index (κ3) is 1.29. The van der Waals surface area contributed by atoms with Crippen molar-refractivity contribution in [1.29, 1.82) is 0 Å². The highest BCUT2D eigenvalue weighted by Crippen LogP contribution is 2.29. The van der Waals surface area contributed by atoms with Crippen LogP contribution in [0.4, 0.5) is 0 Å². The fraction of sp³-hybridized carbons (Fsp3) is 0.125. The van der Waals surface area contributed by atoms with Crippen molar-refractivity contribution in [3.63, 3.8) is 0 Å². The molecule has 1 aromatic heterocycles. The zero-order valence-corrected chi connectivity index (χ0v) is 8.76. The number of rotatable bonds is 1. The van der Waals surface area contributed by atoms with E-state index in [-0.39, 0.29) is 10.7 Å². The Morgan fingerprint density at radius 3 is 2.57 bits per heavy atom. The molecule has 0 saturated carbocycles. The second-order valence-electron chi connectivity index (χ2n) is 2.79. The molecule has 74 valence electrons. The van der Waals surface area contributed by atoms with E-state index in [9.17, 15) is 8.42 Å². The van der Waals surface area contributed by atoms with Crippen LogP contribution in [-0.4, -0.2) is 12.9 Å². The Bertz CT molecular complexity index is 539. The van der Waals surface area contributed by atoms with E-state index in [2.05, 4.69) is 4.99 Å². The Hall–Kier alpha value is -1.07. The molecule has 2 rings (SSSR count). The molecule has 14 heavy (non-hydrogen) atoms. The van der Waals surface area contributed by atoms with E-state index in [4.69, 9.17) is 16.0 Å². The summed E-state index contributed by atoms with van der Waals surface area (Å²) in [6.45, 7) is 1.73. The average Bonchev–Trinajstić information content (AvgIpc) is 2.60. The van der Waals surface area contributed by atoms with Crippen LogP contribution in [0.3, 0.4) is 0 Å². The number of hydrogen-bond donors (Lipinski definition) is 0. The minimum Gasteiger partial charge on any atom is -0.461 e. The highest BCUT2D eigenvalue weighted by Gasteiger charge is 2.31. The van der Waals surface area contributed by atoms with E-state index in [0.29, 0.717) is 5.76 Å². The van der Waals surface area contributed by atoms with Gasteiger partial charge in [-0.3, -0.25) is 0 Å². The van der Waals surface area contributed by atoms with E-state index in [1.165, 1.54) is 6.20 Å². The first-order valence-electron chi connectivity index (χ1n) is 3.77. The zero-order chi connectivity index (χ0) is 10.3. The SMILES string of the molecule is Cc1ccc(C2=CN=C(Cl)S2(=O)=O)o1. The summed E-state index contributed by atoms with van der Waals surface area (Å²) in [6.07, 6.45) is 1.19. The lowest BCUT2D eigenvalue weighted by Gasteiger charge is -1.96. The summed E-state index contributed by atoms with van der Waals surface area (Å²) in [5.41, 5.74) is 0. The van der Waals surface area contributed by atoms with Gasteiger partial charge < -0.3 is 4.42 Å². The van der Waals surface area contributed by atoms with Gasteiger partial charge in [-0.25, -0.2) is 13.4 Å². The molecule has 0 fully saturated rings. The van der Waals surface area contributed by atoms with Crippen LogP contribution in [0.5, 0.6) is 0 Å². The van der Waals surface area contributed by atoms with Gasteiger partial charge in [0.1, 0.15) is 16.4 Å². The van der Waals surface area contributed by atoms with Crippen molar-refractivity contribution in [3.05, 3.63) is 29.9 Å². The molecule has 0 amide bonds. The summed E-state index contributed by atoms with van der Waals surface area (Å²) >= 11 is 5.42. The second kappa shape index (κ2) is 2.96. The maximum atomic E-state index is 11.5. The fourth-order valence-electron chi connectivity index (χ4n) is 1.10. The summed E-state index contributed by atoms with van der Waals surface area (Å²) in [6, 6.07) is 3.25. The van der Waals surface area contributed by atoms with Gasteiger partial charge in [0.15, 0.2) is 0 Å². The van der Waals surface area contributed by atoms with Gasteiger partial charge in [-0.2, -0.15) is 0 Å². The Balaban J connectivity index is 2.51. The largest absolute Gasteiger partial charge is 0.461 e. The van der Waals surface area contributed by atoms with Gasteiger partial charge in [-0.05, 0) is 30.7 Å². The molecule has 0 spiro atoms. The highest BCUT2D eigenvalue weighted by molar-refractivity contribution is 8.17. The lowest BCUT2D eigenvalue weighted by Crippen LogP contribution is -2.05. The van der Waals surface area contributed by atoms with Gasteiger partial charge in [0.05, 0.1) is 6.20 Å². The van der Waals surface area contributed by atoms with E-state index < -0.39 is 14.3 Å². The minimum atomic E-state index is -3.62. The lowest BCUT2D eigenvalue weighted by atomic mass is 10.4. The first-order valence-corrected chi connectivity index (χ1v) is 5.63. The molecule has 0 radical (unpaired) electrons. The maximum Gasteiger partial charge on any atom is 0.240 e. The number of sulfone groups is 1. The summed E-state index contributed by atoms with van der Waals surface area (Å²) in [5.74, 6) is 0.904. The third-order valence-corrected chi connectivity index (χ3v) is 3.92. The van der Waals surface area contributed by atoms with Gasteiger partial charge in [-0.1, -0.05) is 0 Å². The number of aliphatic imine (C=N–C) groups is 1. The standard InChI is InChI=1S/C8H6ClNO3S/c1-5-2-3-6(13-5)7-4-10-8(9)14(7,11)12/h2-4H,1H3. The van der Waals surface area contributed by atoms with Crippen molar-refractivity contribution in [2.45, 2.75) is 6.92 Å². The second-order valence-corrected chi connectivity index (χ2v) is 5.20. The highest BCUT2D eigenvalue weighted by atomic mass is 35.5. The quantitative estimate of drug-likeness (QED) is 0.742. The predicted molar refractivity (Wildman–Crippen MR) is 53.6 cm³/mol. The molecule has 0 aliphatic carbocycles. The van der Waals surface area contributed by atoms with Crippen LogP contribution in [0.2, 0.25) is 0 Å². The van der Waals surface area contributed by atoms with Crippen LogP contribution in [0.15, 0.2) is 27.7 Å². The van der Waals surface area contributed by atoms with E-state index in [0.717, 1.165) is 0 Å². The van der Waals surface area contributed by atoms with Gasteiger partial charge in [-0.15, -0.1) is 0 Å². The summed E-state index contributed by atoms with van der Waals surface area (Å²) in [7, 11) is -3.62. The van der Waals surface area contributed by atoms with E-state index in [1.807, 2.05) is 0 Å². The van der Waals surface area contributed by atoms with Crippen LogP contribution < -0.4 is 0 Å². The van der Waals surface area contributed by atoms with Crippen LogP contribution in [-0.2, 0) is 9.84 Å². The Morgan fingerprint density at radius 1 is 1.43 bits per heavy atom. The molecule has 0 saturated heterocycles. The molecule has 1 aliphatic heterocycles. The first-order chi connectivity index (χ1) is 6.51. The normalized spacial score (nSPS) is 19.3. The maximum absolute atomic E-state index is 11.5. The van der Waals surface area contributed by atoms with E-state index >= 15 is 0 Å². The molecule has 2 heterocycles. The van der Waals surface area contributed by atoms with Gasteiger partial charge in [0, 0.05) is 0 Å². The Labute approximate surface area is 85.8 Å². The number of aryl methyl sites for hydroxylation is 1. The zero-order valence-electron chi connectivity index (χ0n) is 7.19. The molecular weight excluding hydrogens is 226 g/mol. The molecule has 4 nitrogen and oxygen atoms in total. The number of nitrogens with zero attached hydrogens (tertiary/aromatic N) is 1. The average molecular weight is 232 g/mol. The summed E-state index contributed by atoms with van der Waals surface area (Å²) in [4.78, 5) is 3.54. The Morgan fingerprint density at radius 2 is 2.14 bits per heavy atom. The van der Waals surface area contributed by atoms with Crippen molar-refractivity contribution in [1.82, 2.24) is 0 Å². The van der Waals surface area contributed by atoms with Crippen molar-refractivity contribution < 1.29 is 12.8 Å². The summed E-state index contributed by atoms with van der Waals surface area (Å²) < 4.78 is 27.8. The fourth-order valence-corrected chi connectivity index (χ4v) is 2.34. The molecule has 0 bridgehead atoms. The molecule has 0 N–H and O–H groups in total. The van der Waals surface area contributed by atoms with Crippen molar-refractivity contribution >= 4 is 30.8 Å². The number of furan rings is 1. The number of halogens is 1. The Kier molecular flexibility index (Phi) is 2.01. The van der Waals surface area contributed by atoms with Gasteiger partial charge >= 0.3 is 0 Å². The molecular formula is C8H6ClNO3S. The topological polar surface area (TPSA) is 59.6 Å². The van der Waals surface area contributed by atoms with Crippen LogP contribution in [0.1, 0.15) is 11.5 Å². The smallest absolute Gasteiger partial charge is 0.240 e. The van der Waals surface area contributed by atoms with Crippen LogP contribution >= 0.6 is 11.6 Å². The molecule has 1 aliphatic rings.